The van der Waals surface area contributed by atoms with Gasteiger partial charge in [0.1, 0.15) is 0 Å². The first-order valence-corrected chi connectivity index (χ1v) is 8.09. The van der Waals surface area contributed by atoms with Crippen LogP contribution in [0.2, 0.25) is 0 Å². The molecule has 0 unspecified atom stereocenters. The summed E-state index contributed by atoms with van der Waals surface area (Å²) in [5.41, 5.74) is 3.17. The van der Waals surface area contributed by atoms with Crippen LogP contribution in [-0.4, -0.2) is 38.2 Å². The van der Waals surface area contributed by atoms with Crippen molar-refractivity contribution in [3.05, 3.63) is 60.2 Å². The largest absolute Gasteiger partial charge is 0.281 e. The lowest BCUT2D eigenvalue weighted by Crippen LogP contribution is -2.36. The Kier molecular flexibility index (Phi) is 4.77. The molecule has 0 saturated carbocycles. The van der Waals surface area contributed by atoms with Gasteiger partial charge in [-0.2, -0.15) is 17.0 Å². The molecule has 21 heavy (non-hydrogen) atoms. The van der Waals surface area contributed by atoms with E-state index >= 15 is 0 Å². The zero-order chi connectivity index (χ0) is 15.5. The summed E-state index contributed by atoms with van der Waals surface area (Å²) in [5.74, 6) is 0. The molecular formula is C16H20N2O2S. The van der Waals surface area contributed by atoms with Crippen molar-refractivity contribution in [2.24, 2.45) is 0 Å². The van der Waals surface area contributed by atoms with Crippen LogP contribution in [0.25, 0.3) is 11.1 Å². The summed E-state index contributed by atoms with van der Waals surface area (Å²) in [6, 6.07) is 18.0. The number of rotatable bonds is 5. The van der Waals surface area contributed by atoms with Crippen molar-refractivity contribution < 1.29 is 8.42 Å². The predicted molar refractivity (Wildman–Crippen MR) is 86.0 cm³/mol. The highest BCUT2D eigenvalue weighted by molar-refractivity contribution is 7.86. The van der Waals surface area contributed by atoms with Crippen LogP contribution >= 0.6 is 0 Å². The Hall–Kier alpha value is -1.69. The minimum atomic E-state index is -3.39. The maximum atomic E-state index is 12.0. The van der Waals surface area contributed by atoms with Gasteiger partial charge in [-0.25, -0.2) is 0 Å². The average molecular weight is 304 g/mol. The molecule has 0 atom stereocenters. The van der Waals surface area contributed by atoms with Crippen LogP contribution in [0.1, 0.15) is 5.56 Å². The first-order chi connectivity index (χ1) is 9.91. The van der Waals surface area contributed by atoms with Gasteiger partial charge >= 0.3 is 0 Å². The van der Waals surface area contributed by atoms with Gasteiger partial charge in [-0.3, -0.25) is 0 Å². The second-order valence-corrected chi connectivity index (χ2v) is 7.36. The lowest BCUT2D eigenvalue weighted by atomic mass is 10.0. The molecular weight excluding hydrogens is 284 g/mol. The number of benzene rings is 2. The summed E-state index contributed by atoms with van der Waals surface area (Å²) >= 11 is 0. The summed E-state index contributed by atoms with van der Waals surface area (Å²) in [5, 5.41) is 0. The van der Waals surface area contributed by atoms with E-state index in [-0.39, 0.29) is 0 Å². The zero-order valence-electron chi connectivity index (χ0n) is 12.5. The third-order valence-corrected chi connectivity index (χ3v) is 5.13. The molecule has 2 rings (SSSR count). The fourth-order valence-electron chi connectivity index (χ4n) is 2.10. The van der Waals surface area contributed by atoms with E-state index in [1.165, 1.54) is 22.7 Å². The Labute approximate surface area is 126 Å². The molecule has 2 aromatic carbocycles. The van der Waals surface area contributed by atoms with Crippen LogP contribution < -0.4 is 0 Å². The summed E-state index contributed by atoms with van der Waals surface area (Å²) in [6.07, 6.45) is 0. The molecule has 0 aromatic heterocycles. The van der Waals surface area contributed by atoms with Gasteiger partial charge < -0.3 is 0 Å². The van der Waals surface area contributed by atoms with Gasteiger partial charge in [0.15, 0.2) is 0 Å². The standard InChI is InChI=1S/C16H20N2O2S/c1-17(2)21(19,20)18(3)13-14-8-7-11-16(12-14)15-9-5-4-6-10-15/h4-12H,13H2,1-3H3. The molecule has 0 aliphatic rings. The van der Waals surface area contributed by atoms with Crippen LogP contribution in [0.5, 0.6) is 0 Å². The molecule has 0 aliphatic carbocycles. The van der Waals surface area contributed by atoms with E-state index in [0.717, 1.165) is 16.7 Å². The van der Waals surface area contributed by atoms with Crippen molar-refractivity contribution in [2.45, 2.75) is 6.54 Å². The van der Waals surface area contributed by atoms with E-state index in [0.29, 0.717) is 6.54 Å². The van der Waals surface area contributed by atoms with Crippen molar-refractivity contribution in [1.29, 1.82) is 0 Å². The average Bonchev–Trinajstić information content (AvgIpc) is 2.48. The Morgan fingerprint density at radius 3 is 2.10 bits per heavy atom. The molecule has 0 bridgehead atoms. The highest BCUT2D eigenvalue weighted by atomic mass is 32.2. The fraction of sp³-hybridized carbons (Fsp3) is 0.250. The van der Waals surface area contributed by atoms with E-state index in [9.17, 15) is 8.42 Å². The molecule has 4 nitrogen and oxygen atoms in total. The van der Waals surface area contributed by atoms with E-state index in [1.54, 1.807) is 7.05 Å². The number of hydrogen-bond acceptors (Lipinski definition) is 2. The Bertz CT molecular complexity index is 697. The van der Waals surface area contributed by atoms with Crippen molar-refractivity contribution in [2.75, 3.05) is 21.1 Å². The lowest BCUT2D eigenvalue weighted by molar-refractivity contribution is 0.414. The van der Waals surface area contributed by atoms with Crippen LogP contribution in [0.4, 0.5) is 0 Å². The summed E-state index contributed by atoms with van der Waals surface area (Å²) < 4.78 is 26.6. The Balaban J connectivity index is 2.23. The van der Waals surface area contributed by atoms with Crippen molar-refractivity contribution in [3.63, 3.8) is 0 Å². The highest BCUT2D eigenvalue weighted by Crippen LogP contribution is 2.21. The maximum absolute atomic E-state index is 12.0. The Morgan fingerprint density at radius 2 is 1.48 bits per heavy atom. The molecule has 0 N–H and O–H groups in total. The molecule has 0 aliphatic heterocycles. The van der Waals surface area contributed by atoms with Gasteiger partial charge in [0.05, 0.1) is 0 Å². The molecule has 5 heteroatoms. The fourth-order valence-corrected chi connectivity index (χ4v) is 2.97. The monoisotopic (exact) mass is 304 g/mol. The normalized spacial score (nSPS) is 12.0. The molecule has 112 valence electrons. The summed E-state index contributed by atoms with van der Waals surface area (Å²) in [4.78, 5) is 0. The number of nitrogens with zero attached hydrogens (tertiary/aromatic N) is 2. The molecule has 0 heterocycles. The first-order valence-electron chi connectivity index (χ1n) is 6.69. The van der Waals surface area contributed by atoms with Gasteiger partial charge in [0, 0.05) is 27.7 Å². The van der Waals surface area contributed by atoms with E-state index in [2.05, 4.69) is 0 Å². The van der Waals surface area contributed by atoms with E-state index < -0.39 is 10.2 Å². The second kappa shape index (κ2) is 6.39. The van der Waals surface area contributed by atoms with Gasteiger partial charge in [-0.15, -0.1) is 0 Å². The van der Waals surface area contributed by atoms with Gasteiger partial charge in [0.25, 0.3) is 10.2 Å². The maximum Gasteiger partial charge on any atom is 0.281 e. The van der Waals surface area contributed by atoms with Crippen LogP contribution in [0.15, 0.2) is 54.6 Å². The Morgan fingerprint density at radius 1 is 0.857 bits per heavy atom. The topological polar surface area (TPSA) is 40.6 Å². The third-order valence-electron chi connectivity index (χ3n) is 3.29. The SMILES string of the molecule is CN(C)S(=O)(=O)N(C)Cc1cccc(-c2ccccc2)c1. The van der Waals surface area contributed by atoms with Crippen LogP contribution in [0, 0.1) is 0 Å². The van der Waals surface area contributed by atoms with Gasteiger partial charge in [0.2, 0.25) is 0 Å². The summed E-state index contributed by atoms with van der Waals surface area (Å²) in [6.45, 7) is 0.348. The van der Waals surface area contributed by atoms with Crippen molar-refractivity contribution >= 4 is 10.2 Å². The van der Waals surface area contributed by atoms with Crippen molar-refractivity contribution in [1.82, 2.24) is 8.61 Å². The van der Waals surface area contributed by atoms with Gasteiger partial charge in [-0.05, 0) is 22.8 Å². The molecule has 0 fully saturated rings. The molecule has 0 radical (unpaired) electrons. The summed E-state index contributed by atoms with van der Waals surface area (Å²) in [7, 11) is 1.27. The second-order valence-electron chi connectivity index (χ2n) is 5.11. The first kappa shape index (κ1) is 15.7. The van der Waals surface area contributed by atoms with E-state index in [1.807, 2.05) is 54.6 Å². The molecule has 0 spiro atoms. The van der Waals surface area contributed by atoms with Gasteiger partial charge in [-0.1, -0.05) is 48.5 Å². The van der Waals surface area contributed by atoms with E-state index in [4.69, 9.17) is 0 Å². The molecule has 2 aromatic rings. The predicted octanol–water partition coefficient (Wildman–Crippen LogP) is 2.59. The van der Waals surface area contributed by atoms with Crippen molar-refractivity contribution in [3.8, 4) is 11.1 Å². The molecule has 0 amide bonds. The number of hydrogen-bond donors (Lipinski definition) is 0. The van der Waals surface area contributed by atoms with Crippen LogP contribution in [0.3, 0.4) is 0 Å². The van der Waals surface area contributed by atoms with Crippen LogP contribution in [-0.2, 0) is 16.8 Å². The lowest BCUT2D eigenvalue weighted by Gasteiger charge is -2.21. The quantitative estimate of drug-likeness (QED) is 0.852. The molecule has 0 saturated heterocycles. The smallest absolute Gasteiger partial charge is 0.195 e. The zero-order valence-corrected chi connectivity index (χ0v) is 13.3. The minimum absolute atomic E-state index is 0.348. The third kappa shape index (κ3) is 3.69. The highest BCUT2D eigenvalue weighted by Gasteiger charge is 2.20. The minimum Gasteiger partial charge on any atom is -0.195 e.